The van der Waals surface area contributed by atoms with Crippen molar-refractivity contribution < 1.29 is 28.9 Å². The lowest BCUT2D eigenvalue weighted by atomic mass is 9.69. The number of β-lactam (4-membered cyclic amide) rings is 2. The van der Waals surface area contributed by atoms with Gasteiger partial charge in [0.25, 0.3) is 11.8 Å². The van der Waals surface area contributed by atoms with E-state index in [2.05, 4.69) is 12.3 Å². The molecule has 8 heteroatoms. The molecule has 2 amide bonds. The number of carbonyl (C=O) groups is 2. The Balaban J connectivity index is 1.80. The zero-order chi connectivity index (χ0) is 23.9. The molecular weight excluding hydrogens is 424 g/mol. The second-order valence-electron chi connectivity index (χ2n) is 7.94. The van der Waals surface area contributed by atoms with Gasteiger partial charge in [-0.25, -0.2) is 0 Å². The Labute approximate surface area is 192 Å². The second kappa shape index (κ2) is 8.41. The molecule has 1 N–H and O–H groups in total. The molecule has 33 heavy (non-hydrogen) atoms. The van der Waals surface area contributed by atoms with E-state index >= 15 is 0 Å². The number of hydrogen-bond acceptors (Lipinski definition) is 6. The van der Waals surface area contributed by atoms with Gasteiger partial charge in [0.15, 0.2) is 11.7 Å². The van der Waals surface area contributed by atoms with Gasteiger partial charge in [-0.05, 0) is 55.5 Å². The Bertz CT molecular complexity index is 1120. The largest absolute Gasteiger partial charge is 0.497 e. The number of amides is 2. The van der Waals surface area contributed by atoms with Crippen molar-refractivity contribution in [1.29, 1.82) is 0 Å². The number of anilines is 2. The van der Waals surface area contributed by atoms with Gasteiger partial charge in [-0.2, -0.15) is 0 Å². The van der Waals surface area contributed by atoms with Crippen LogP contribution in [-0.4, -0.2) is 62.0 Å². The molecule has 2 aromatic rings. The number of benzene rings is 2. The van der Waals surface area contributed by atoms with Crippen LogP contribution in [0.1, 0.15) is 6.92 Å². The van der Waals surface area contributed by atoms with Gasteiger partial charge in [0.2, 0.25) is 0 Å². The van der Waals surface area contributed by atoms with Crippen LogP contribution in [0.4, 0.5) is 11.4 Å². The Morgan fingerprint density at radius 2 is 1.42 bits per heavy atom. The van der Waals surface area contributed by atoms with Crippen molar-refractivity contribution in [3.05, 3.63) is 66.4 Å². The third-order valence-corrected chi connectivity index (χ3v) is 6.46. The highest BCUT2D eigenvalue weighted by atomic mass is 16.5. The molecule has 0 bridgehead atoms. The van der Waals surface area contributed by atoms with E-state index in [1.807, 2.05) is 0 Å². The molecule has 0 unspecified atom stereocenters. The first-order chi connectivity index (χ1) is 15.8. The van der Waals surface area contributed by atoms with E-state index in [-0.39, 0.29) is 11.5 Å². The molecular formula is C25H26N2O6. The zero-order valence-electron chi connectivity index (χ0n) is 18.9. The van der Waals surface area contributed by atoms with Crippen molar-refractivity contribution in [1.82, 2.24) is 0 Å². The summed E-state index contributed by atoms with van der Waals surface area (Å²) >= 11 is 0. The lowest BCUT2D eigenvalue weighted by Gasteiger charge is -2.61. The number of aliphatic hydroxyl groups is 1. The first kappa shape index (κ1) is 22.6. The number of rotatable bonds is 7. The van der Waals surface area contributed by atoms with Gasteiger partial charge in [0, 0.05) is 24.1 Å². The molecule has 8 nitrogen and oxygen atoms in total. The maximum atomic E-state index is 13.3. The molecule has 2 aliphatic heterocycles. The standard InChI is InChI=1S/C25H26N2O6/c1-6-15(2)25(30)22(27(24(25)29)17-9-13-19(32-4)14-10-17)20-21(33-5)23(28)26(20)16-7-11-18(31-3)12-8-16/h7-14,20-22,30H,1H2,2-5H3/t20-,21-,22+,25-/m1/s1. The Morgan fingerprint density at radius 3 is 1.85 bits per heavy atom. The average molecular weight is 450 g/mol. The average Bonchev–Trinajstić information content (AvgIpc) is 2.85. The molecule has 0 aromatic heterocycles. The molecule has 4 atom stereocenters. The van der Waals surface area contributed by atoms with E-state index in [1.54, 1.807) is 74.6 Å². The van der Waals surface area contributed by atoms with Crippen LogP contribution in [0.2, 0.25) is 0 Å². The molecule has 0 saturated carbocycles. The summed E-state index contributed by atoms with van der Waals surface area (Å²) in [4.78, 5) is 29.3. The number of ether oxygens (including phenoxy) is 3. The summed E-state index contributed by atoms with van der Waals surface area (Å²) in [6.07, 6.45) is -0.838. The Kier molecular flexibility index (Phi) is 5.76. The minimum absolute atomic E-state index is 0.260. The van der Waals surface area contributed by atoms with E-state index in [4.69, 9.17) is 14.2 Å². The van der Waals surface area contributed by atoms with Crippen molar-refractivity contribution in [3.8, 4) is 11.5 Å². The van der Waals surface area contributed by atoms with Crippen LogP contribution in [0.3, 0.4) is 0 Å². The van der Waals surface area contributed by atoms with Gasteiger partial charge in [-0.15, -0.1) is 5.73 Å². The van der Waals surface area contributed by atoms with Gasteiger partial charge in [-0.3, -0.25) is 9.59 Å². The monoisotopic (exact) mass is 450 g/mol. The predicted molar refractivity (Wildman–Crippen MR) is 123 cm³/mol. The summed E-state index contributed by atoms with van der Waals surface area (Å²) in [5.41, 5.74) is 2.24. The lowest BCUT2D eigenvalue weighted by molar-refractivity contribution is -0.159. The molecule has 2 aliphatic rings. The van der Waals surface area contributed by atoms with Crippen molar-refractivity contribution in [2.45, 2.75) is 30.7 Å². The fourth-order valence-electron chi connectivity index (χ4n) is 4.57. The summed E-state index contributed by atoms with van der Waals surface area (Å²) < 4.78 is 15.9. The fraction of sp³-hybridized carbons (Fsp3) is 0.320. The first-order valence-corrected chi connectivity index (χ1v) is 10.4. The van der Waals surface area contributed by atoms with Crippen LogP contribution in [0.5, 0.6) is 11.5 Å². The number of carbonyl (C=O) groups excluding carboxylic acids is 2. The molecule has 2 fully saturated rings. The Morgan fingerprint density at radius 1 is 0.939 bits per heavy atom. The first-order valence-electron chi connectivity index (χ1n) is 10.4. The highest BCUT2D eigenvalue weighted by molar-refractivity contribution is 6.13. The van der Waals surface area contributed by atoms with E-state index in [9.17, 15) is 14.7 Å². The van der Waals surface area contributed by atoms with Crippen LogP contribution in [0.25, 0.3) is 0 Å². The van der Waals surface area contributed by atoms with Gasteiger partial charge < -0.3 is 29.1 Å². The maximum Gasteiger partial charge on any atom is 0.266 e. The van der Waals surface area contributed by atoms with Crippen molar-refractivity contribution >= 4 is 23.2 Å². The molecule has 0 spiro atoms. The van der Waals surface area contributed by atoms with Crippen molar-refractivity contribution in [2.75, 3.05) is 31.1 Å². The molecule has 2 saturated heterocycles. The normalized spacial score (nSPS) is 26.3. The van der Waals surface area contributed by atoms with E-state index in [0.717, 1.165) is 0 Å². The SMILES string of the molecule is C=C=C(C)[C@]1(O)C(=O)N(c2ccc(OC)cc2)[C@H]1[C@H]1[C@@H](OC)C(=O)N1c1ccc(OC)cc1. The summed E-state index contributed by atoms with van der Waals surface area (Å²) in [6.45, 7) is 5.22. The zero-order valence-corrected chi connectivity index (χ0v) is 18.9. The van der Waals surface area contributed by atoms with Crippen LogP contribution in [-0.2, 0) is 14.3 Å². The van der Waals surface area contributed by atoms with Crippen LogP contribution >= 0.6 is 0 Å². The second-order valence-corrected chi connectivity index (χ2v) is 7.94. The summed E-state index contributed by atoms with van der Waals surface area (Å²) in [6, 6.07) is 12.4. The smallest absolute Gasteiger partial charge is 0.266 e. The summed E-state index contributed by atoms with van der Waals surface area (Å²) in [7, 11) is 4.55. The number of methoxy groups -OCH3 is 3. The van der Waals surface area contributed by atoms with Crippen LogP contribution < -0.4 is 19.3 Å². The van der Waals surface area contributed by atoms with E-state index in [0.29, 0.717) is 22.9 Å². The van der Waals surface area contributed by atoms with Crippen LogP contribution in [0.15, 0.2) is 66.4 Å². The quantitative estimate of drug-likeness (QED) is 0.515. The van der Waals surface area contributed by atoms with Crippen LogP contribution in [0, 0.1) is 0 Å². The third kappa shape index (κ3) is 3.23. The lowest BCUT2D eigenvalue weighted by Crippen LogP contribution is -2.86. The topological polar surface area (TPSA) is 88.5 Å². The Hall–Kier alpha value is -3.58. The number of hydrogen-bond donors (Lipinski definition) is 1. The molecule has 0 radical (unpaired) electrons. The predicted octanol–water partition coefficient (Wildman–Crippen LogP) is 2.31. The summed E-state index contributed by atoms with van der Waals surface area (Å²) in [5, 5.41) is 11.6. The van der Waals surface area contributed by atoms with Gasteiger partial charge >= 0.3 is 0 Å². The van der Waals surface area contributed by atoms with E-state index in [1.165, 1.54) is 12.0 Å². The molecule has 2 aromatic carbocycles. The molecule has 4 rings (SSSR count). The minimum Gasteiger partial charge on any atom is -0.497 e. The third-order valence-electron chi connectivity index (χ3n) is 6.46. The highest BCUT2D eigenvalue weighted by Crippen LogP contribution is 2.47. The van der Waals surface area contributed by atoms with Gasteiger partial charge in [-0.1, -0.05) is 6.58 Å². The summed E-state index contributed by atoms with van der Waals surface area (Å²) in [5.74, 6) is 0.501. The van der Waals surface area contributed by atoms with E-state index < -0.39 is 29.7 Å². The minimum atomic E-state index is -1.88. The maximum absolute atomic E-state index is 13.3. The molecule has 0 aliphatic carbocycles. The number of nitrogens with zero attached hydrogens (tertiary/aromatic N) is 2. The van der Waals surface area contributed by atoms with Crippen molar-refractivity contribution in [2.24, 2.45) is 0 Å². The highest BCUT2D eigenvalue weighted by Gasteiger charge is 2.70. The van der Waals surface area contributed by atoms with Gasteiger partial charge in [0.1, 0.15) is 17.5 Å². The van der Waals surface area contributed by atoms with Crippen molar-refractivity contribution in [3.63, 3.8) is 0 Å². The molecule has 172 valence electrons. The van der Waals surface area contributed by atoms with Gasteiger partial charge in [0.05, 0.1) is 20.3 Å². The molecule has 2 heterocycles. The fourth-order valence-corrected chi connectivity index (χ4v) is 4.57.